The molecule has 0 saturated carbocycles. The molecule has 28 heavy (non-hydrogen) atoms. The molecule has 0 bridgehead atoms. The third-order valence-corrected chi connectivity index (χ3v) is 4.74. The first-order chi connectivity index (χ1) is 12.8. The van der Waals surface area contributed by atoms with Crippen LogP contribution < -0.4 is 10.6 Å². The Labute approximate surface area is 182 Å². The van der Waals surface area contributed by atoms with Gasteiger partial charge in [-0.25, -0.2) is 4.99 Å². The molecule has 160 valence electrons. The van der Waals surface area contributed by atoms with Crippen LogP contribution in [-0.4, -0.2) is 68.1 Å². The lowest BCUT2D eigenvalue weighted by Gasteiger charge is -2.36. The summed E-state index contributed by atoms with van der Waals surface area (Å²) >= 11 is 0. The SMILES string of the molecule is CCNC(=NCc1cccc(C(F)(F)F)c1)NCC(C)N1CCN(C)CC1.I. The quantitative estimate of drug-likeness (QED) is 0.349. The number of benzene rings is 1. The molecule has 1 saturated heterocycles. The highest BCUT2D eigenvalue weighted by Gasteiger charge is 2.30. The molecule has 1 aromatic rings. The molecule has 1 fully saturated rings. The number of halogens is 4. The van der Waals surface area contributed by atoms with Crippen LogP contribution in [0.4, 0.5) is 13.2 Å². The van der Waals surface area contributed by atoms with E-state index in [9.17, 15) is 13.2 Å². The van der Waals surface area contributed by atoms with E-state index in [1.807, 2.05) is 6.92 Å². The van der Waals surface area contributed by atoms with E-state index in [0.717, 1.165) is 44.9 Å². The smallest absolute Gasteiger partial charge is 0.357 e. The minimum atomic E-state index is -4.33. The lowest BCUT2D eigenvalue weighted by atomic mass is 10.1. The van der Waals surface area contributed by atoms with Crippen molar-refractivity contribution in [3.63, 3.8) is 0 Å². The van der Waals surface area contributed by atoms with Gasteiger partial charge in [0.1, 0.15) is 0 Å². The summed E-state index contributed by atoms with van der Waals surface area (Å²) in [6.45, 7) is 9.97. The van der Waals surface area contributed by atoms with E-state index < -0.39 is 11.7 Å². The molecule has 1 atom stereocenters. The third-order valence-electron chi connectivity index (χ3n) is 4.74. The van der Waals surface area contributed by atoms with E-state index in [4.69, 9.17) is 0 Å². The van der Waals surface area contributed by atoms with Crippen molar-refractivity contribution in [3.8, 4) is 0 Å². The summed E-state index contributed by atoms with van der Waals surface area (Å²) in [5, 5.41) is 6.46. The number of hydrogen-bond donors (Lipinski definition) is 2. The van der Waals surface area contributed by atoms with Gasteiger partial charge in [0.15, 0.2) is 5.96 Å². The van der Waals surface area contributed by atoms with Gasteiger partial charge in [-0.3, -0.25) is 4.90 Å². The highest BCUT2D eigenvalue weighted by Crippen LogP contribution is 2.29. The van der Waals surface area contributed by atoms with Crippen molar-refractivity contribution in [1.82, 2.24) is 20.4 Å². The Morgan fingerprint density at radius 1 is 1.18 bits per heavy atom. The van der Waals surface area contributed by atoms with E-state index >= 15 is 0 Å². The van der Waals surface area contributed by atoms with Crippen LogP contribution in [0.15, 0.2) is 29.3 Å². The molecule has 0 spiro atoms. The van der Waals surface area contributed by atoms with Gasteiger partial charge in [0.2, 0.25) is 0 Å². The molecule has 1 aromatic carbocycles. The Morgan fingerprint density at radius 2 is 1.86 bits per heavy atom. The van der Waals surface area contributed by atoms with Crippen molar-refractivity contribution in [2.75, 3.05) is 46.3 Å². The Hall–Kier alpha value is -1.07. The first kappa shape index (κ1) is 25.0. The Bertz CT molecular complexity index is 616. The van der Waals surface area contributed by atoms with Gasteiger partial charge >= 0.3 is 6.18 Å². The minimum Gasteiger partial charge on any atom is -0.357 e. The maximum absolute atomic E-state index is 12.8. The van der Waals surface area contributed by atoms with Crippen molar-refractivity contribution in [2.45, 2.75) is 32.6 Å². The average molecular weight is 513 g/mol. The van der Waals surface area contributed by atoms with Gasteiger partial charge in [0.05, 0.1) is 12.1 Å². The number of aliphatic imine (C=N–C) groups is 1. The van der Waals surface area contributed by atoms with E-state index in [2.05, 4.69) is 39.4 Å². The summed E-state index contributed by atoms with van der Waals surface area (Å²) in [5.74, 6) is 0.621. The molecule has 1 aliphatic rings. The van der Waals surface area contributed by atoms with Crippen LogP contribution in [0.5, 0.6) is 0 Å². The molecule has 0 aliphatic carbocycles. The van der Waals surface area contributed by atoms with Crippen LogP contribution >= 0.6 is 24.0 Å². The first-order valence-electron chi connectivity index (χ1n) is 9.40. The number of guanidine groups is 1. The maximum atomic E-state index is 12.8. The monoisotopic (exact) mass is 513 g/mol. The van der Waals surface area contributed by atoms with Crippen molar-refractivity contribution >= 4 is 29.9 Å². The summed E-state index contributed by atoms with van der Waals surface area (Å²) in [6, 6.07) is 5.67. The number of rotatable bonds is 6. The third kappa shape index (κ3) is 8.12. The van der Waals surface area contributed by atoms with Gasteiger partial charge in [-0.15, -0.1) is 24.0 Å². The fourth-order valence-electron chi connectivity index (χ4n) is 2.99. The number of alkyl halides is 3. The van der Waals surface area contributed by atoms with Crippen LogP contribution in [0.25, 0.3) is 0 Å². The lowest BCUT2D eigenvalue weighted by molar-refractivity contribution is -0.137. The molecular weight excluding hydrogens is 482 g/mol. The number of piperazine rings is 1. The van der Waals surface area contributed by atoms with Crippen LogP contribution in [0.2, 0.25) is 0 Å². The van der Waals surface area contributed by atoms with Gasteiger partial charge < -0.3 is 15.5 Å². The Kier molecular flexibility index (Phi) is 10.5. The molecule has 5 nitrogen and oxygen atoms in total. The van der Waals surface area contributed by atoms with Crippen molar-refractivity contribution in [2.24, 2.45) is 4.99 Å². The molecular formula is C19H31F3IN5. The fraction of sp³-hybridized carbons (Fsp3) is 0.632. The first-order valence-corrected chi connectivity index (χ1v) is 9.40. The molecule has 1 heterocycles. The van der Waals surface area contributed by atoms with E-state index in [0.29, 0.717) is 24.1 Å². The zero-order valence-electron chi connectivity index (χ0n) is 16.7. The molecule has 9 heteroatoms. The van der Waals surface area contributed by atoms with Crippen LogP contribution in [0.3, 0.4) is 0 Å². The molecule has 1 aliphatic heterocycles. The second-order valence-electron chi connectivity index (χ2n) is 6.96. The largest absolute Gasteiger partial charge is 0.416 e. The standard InChI is InChI=1S/C19H30F3N5.HI/c1-4-23-18(24-13-15(2)27-10-8-26(3)9-11-27)25-14-16-6-5-7-17(12-16)19(20,21)22;/h5-7,12,15H,4,8-11,13-14H2,1-3H3,(H2,23,24,25);1H. The molecule has 2 N–H and O–H groups in total. The number of hydrogen-bond acceptors (Lipinski definition) is 3. The molecule has 0 amide bonds. The molecule has 1 unspecified atom stereocenters. The summed E-state index contributed by atoms with van der Waals surface area (Å²) in [6.07, 6.45) is -4.33. The highest BCUT2D eigenvalue weighted by molar-refractivity contribution is 14.0. The van der Waals surface area contributed by atoms with Gasteiger partial charge in [-0.2, -0.15) is 13.2 Å². The second-order valence-corrected chi connectivity index (χ2v) is 6.96. The number of nitrogens with zero attached hydrogens (tertiary/aromatic N) is 3. The van der Waals surface area contributed by atoms with Crippen molar-refractivity contribution in [1.29, 1.82) is 0 Å². The average Bonchev–Trinajstić information content (AvgIpc) is 2.64. The highest BCUT2D eigenvalue weighted by atomic mass is 127. The van der Waals surface area contributed by atoms with Crippen molar-refractivity contribution in [3.05, 3.63) is 35.4 Å². The van der Waals surface area contributed by atoms with Gasteiger partial charge in [0.25, 0.3) is 0 Å². The van der Waals surface area contributed by atoms with E-state index in [-0.39, 0.29) is 30.5 Å². The van der Waals surface area contributed by atoms with Crippen LogP contribution in [0.1, 0.15) is 25.0 Å². The number of likely N-dealkylation sites (N-methyl/N-ethyl adjacent to an activating group) is 1. The maximum Gasteiger partial charge on any atom is 0.416 e. The van der Waals surface area contributed by atoms with E-state index in [1.54, 1.807) is 6.07 Å². The van der Waals surface area contributed by atoms with Gasteiger partial charge in [0, 0.05) is 45.3 Å². The summed E-state index contributed by atoms with van der Waals surface area (Å²) < 4.78 is 38.5. The predicted molar refractivity (Wildman–Crippen MR) is 118 cm³/mol. The summed E-state index contributed by atoms with van der Waals surface area (Å²) in [4.78, 5) is 9.19. The lowest BCUT2D eigenvalue weighted by Crippen LogP contribution is -2.52. The van der Waals surface area contributed by atoms with Crippen LogP contribution in [-0.2, 0) is 12.7 Å². The topological polar surface area (TPSA) is 42.9 Å². The molecule has 2 rings (SSSR count). The van der Waals surface area contributed by atoms with Gasteiger partial charge in [-0.1, -0.05) is 12.1 Å². The fourth-order valence-corrected chi connectivity index (χ4v) is 2.99. The molecule has 0 radical (unpaired) electrons. The van der Waals surface area contributed by atoms with Gasteiger partial charge in [-0.05, 0) is 38.6 Å². The normalized spacial score (nSPS) is 17.7. The minimum absolute atomic E-state index is 0. The number of nitrogens with one attached hydrogen (secondary N) is 2. The zero-order valence-corrected chi connectivity index (χ0v) is 19.1. The second kappa shape index (κ2) is 11.8. The van der Waals surface area contributed by atoms with Crippen molar-refractivity contribution < 1.29 is 13.2 Å². The summed E-state index contributed by atoms with van der Waals surface area (Å²) in [5.41, 5.74) is -0.106. The molecule has 0 aromatic heterocycles. The summed E-state index contributed by atoms with van der Waals surface area (Å²) in [7, 11) is 2.13. The van der Waals surface area contributed by atoms with E-state index in [1.165, 1.54) is 6.07 Å². The Morgan fingerprint density at radius 3 is 2.46 bits per heavy atom. The zero-order chi connectivity index (χ0) is 19.9. The predicted octanol–water partition coefficient (Wildman–Crippen LogP) is 3.01. The Balaban J connectivity index is 0.00000392. The van der Waals surface area contributed by atoms with Crippen LogP contribution in [0, 0.1) is 0 Å².